The molecule has 0 bridgehead atoms. The molecule has 1 saturated heterocycles. The number of carbonyl (C=O) groups is 1. The van der Waals surface area contributed by atoms with Gasteiger partial charge in [0, 0.05) is 18.0 Å². The number of carbonyl (C=O) groups excluding carboxylic acids is 1. The van der Waals surface area contributed by atoms with E-state index in [0.717, 1.165) is 4.88 Å². The number of aliphatic hydroxyl groups is 1. The van der Waals surface area contributed by atoms with Gasteiger partial charge in [0.25, 0.3) is 0 Å². The first-order valence-corrected chi connectivity index (χ1v) is 7.49. The lowest BCUT2D eigenvalue weighted by atomic mass is 9.91. The van der Waals surface area contributed by atoms with E-state index in [0.29, 0.717) is 6.54 Å². The molecule has 1 aromatic heterocycles. The van der Waals surface area contributed by atoms with Crippen LogP contribution in [0.5, 0.6) is 0 Å². The van der Waals surface area contributed by atoms with Gasteiger partial charge in [-0.3, -0.25) is 9.69 Å². The minimum absolute atomic E-state index is 0.0549. The van der Waals surface area contributed by atoms with Crippen molar-refractivity contribution in [1.82, 2.24) is 10.2 Å². The Kier molecular flexibility index (Phi) is 4.90. The maximum absolute atomic E-state index is 12.6. The van der Waals surface area contributed by atoms with Gasteiger partial charge in [-0.1, -0.05) is 6.07 Å². The van der Waals surface area contributed by atoms with E-state index in [1.807, 2.05) is 17.5 Å². The highest BCUT2D eigenvalue weighted by atomic mass is 32.1. The van der Waals surface area contributed by atoms with Gasteiger partial charge in [0.15, 0.2) is 5.60 Å². The Morgan fingerprint density at radius 2 is 2.10 bits per heavy atom. The summed E-state index contributed by atoms with van der Waals surface area (Å²) in [4.78, 5) is 14.4. The lowest BCUT2D eigenvalue weighted by molar-refractivity contribution is -0.272. The smallest absolute Gasteiger partial charge is 0.380 e. The van der Waals surface area contributed by atoms with Crippen molar-refractivity contribution in [2.75, 3.05) is 19.6 Å². The standard InChI is InChI=1S/C13H17F3N2O2S/c14-13(15,16)12(20)3-5-18(6-4-12)9-11(19)17-8-10-2-1-7-21-10/h1-2,7,20H,3-6,8-9H2,(H,17,19). The molecule has 1 aliphatic rings. The number of piperidine rings is 1. The first-order valence-electron chi connectivity index (χ1n) is 6.61. The number of amides is 1. The topological polar surface area (TPSA) is 52.6 Å². The van der Waals surface area contributed by atoms with Crippen molar-refractivity contribution in [1.29, 1.82) is 0 Å². The molecular formula is C13H17F3N2O2S. The van der Waals surface area contributed by atoms with Crippen molar-refractivity contribution in [3.63, 3.8) is 0 Å². The van der Waals surface area contributed by atoms with Gasteiger partial charge in [-0.25, -0.2) is 0 Å². The summed E-state index contributed by atoms with van der Waals surface area (Å²) >= 11 is 1.53. The van der Waals surface area contributed by atoms with Crippen LogP contribution >= 0.6 is 11.3 Å². The van der Waals surface area contributed by atoms with Crippen LogP contribution in [-0.2, 0) is 11.3 Å². The normalized spacial score (nSPS) is 19.4. The quantitative estimate of drug-likeness (QED) is 0.888. The molecule has 21 heavy (non-hydrogen) atoms. The summed E-state index contributed by atoms with van der Waals surface area (Å²) in [6.45, 7) is 0.598. The predicted octanol–water partition coefficient (Wildman–Crippen LogP) is 1.75. The third-order valence-corrected chi connectivity index (χ3v) is 4.49. The van der Waals surface area contributed by atoms with Gasteiger partial charge in [0.05, 0.1) is 13.1 Å². The van der Waals surface area contributed by atoms with Crippen LogP contribution in [0.25, 0.3) is 0 Å². The lowest BCUT2D eigenvalue weighted by Gasteiger charge is -2.38. The summed E-state index contributed by atoms with van der Waals surface area (Å²) < 4.78 is 37.9. The van der Waals surface area contributed by atoms with Crippen LogP contribution in [0.15, 0.2) is 17.5 Å². The zero-order valence-corrected chi connectivity index (χ0v) is 12.1. The maximum Gasteiger partial charge on any atom is 0.417 e. The number of halogens is 3. The van der Waals surface area contributed by atoms with Crippen molar-refractivity contribution >= 4 is 17.2 Å². The Labute approximate surface area is 124 Å². The second kappa shape index (κ2) is 6.33. The minimum Gasteiger partial charge on any atom is -0.380 e. The number of nitrogens with one attached hydrogen (secondary N) is 1. The molecule has 0 saturated carbocycles. The number of hydrogen-bond acceptors (Lipinski definition) is 4. The molecule has 2 rings (SSSR count). The fourth-order valence-electron chi connectivity index (χ4n) is 2.22. The van der Waals surface area contributed by atoms with Crippen molar-refractivity contribution in [3.8, 4) is 0 Å². The summed E-state index contributed by atoms with van der Waals surface area (Å²) in [6.07, 6.45) is -5.40. The molecule has 8 heteroatoms. The largest absolute Gasteiger partial charge is 0.417 e. The Balaban J connectivity index is 1.74. The van der Waals surface area contributed by atoms with Crippen molar-refractivity contribution in [2.45, 2.75) is 31.2 Å². The van der Waals surface area contributed by atoms with Crippen LogP contribution in [0.1, 0.15) is 17.7 Å². The number of thiophene rings is 1. The van der Waals surface area contributed by atoms with Gasteiger partial charge in [-0.15, -0.1) is 11.3 Å². The van der Waals surface area contributed by atoms with Crippen LogP contribution in [-0.4, -0.2) is 47.3 Å². The molecule has 2 heterocycles. The predicted molar refractivity (Wildman–Crippen MR) is 72.8 cm³/mol. The van der Waals surface area contributed by atoms with Gasteiger partial charge in [-0.05, 0) is 24.3 Å². The van der Waals surface area contributed by atoms with Crippen LogP contribution in [0.4, 0.5) is 13.2 Å². The van der Waals surface area contributed by atoms with Gasteiger partial charge >= 0.3 is 6.18 Å². The van der Waals surface area contributed by atoms with Crippen molar-refractivity contribution in [2.24, 2.45) is 0 Å². The molecule has 4 nitrogen and oxygen atoms in total. The zero-order chi connectivity index (χ0) is 15.5. The highest BCUT2D eigenvalue weighted by molar-refractivity contribution is 7.09. The van der Waals surface area contributed by atoms with Crippen LogP contribution < -0.4 is 5.32 Å². The van der Waals surface area contributed by atoms with E-state index in [9.17, 15) is 23.1 Å². The fourth-order valence-corrected chi connectivity index (χ4v) is 2.87. The van der Waals surface area contributed by atoms with Crippen LogP contribution in [0.3, 0.4) is 0 Å². The van der Waals surface area contributed by atoms with E-state index < -0.39 is 24.6 Å². The number of alkyl halides is 3. The molecule has 118 valence electrons. The minimum atomic E-state index is -4.61. The molecule has 0 unspecified atom stereocenters. The molecule has 0 atom stereocenters. The summed E-state index contributed by atoms with van der Waals surface area (Å²) in [5, 5.41) is 14.2. The van der Waals surface area contributed by atoms with Crippen molar-refractivity contribution in [3.05, 3.63) is 22.4 Å². The molecular weight excluding hydrogens is 305 g/mol. The maximum atomic E-state index is 12.6. The molecule has 1 aromatic rings. The van der Waals surface area contributed by atoms with E-state index in [1.54, 1.807) is 4.90 Å². The van der Waals surface area contributed by atoms with E-state index in [4.69, 9.17) is 0 Å². The summed E-state index contributed by atoms with van der Waals surface area (Å²) in [7, 11) is 0. The second-order valence-corrected chi connectivity index (χ2v) is 6.19. The summed E-state index contributed by atoms with van der Waals surface area (Å²) in [5.41, 5.74) is -2.61. The van der Waals surface area contributed by atoms with Crippen LogP contribution in [0, 0.1) is 0 Å². The number of hydrogen-bond donors (Lipinski definition) is 2. The van der Waals surface area contributed by atoms with Gasteiger partial charge in [0.2, 0.25) is 5.91 Å². The zero-order valence-electron chi connectivity index (χ0n) is 11.3. The third kappa shape index (κ3) is 4.18. The Morgan fingerprint density at radius 1 is 1.43 bits per heavy atom. The Bertz CT molecular complexity index is 468. The molecule has 2 N–H and O–H groups in total. The molecule has 1 amide bonds. The number of rotatable bonds is 4. The first-order chi connectivity index (χ1) is 9.80. The second-order valence-electron chi connectivity index (χ2n) is 5.16. The Morgan fingerprint density at radius 3 is 2.62 bits per heavy atom. The monoisotopic (exact) mass is 322 g/mol. The van der Waals surface area contributed by atoms with Crippen LogP contribution in [0.2, 0.25) is 0 Å². The Hall–Kier alpha value is -1.12. The summed E-state index contributed by atoms with van der Waals surface area (Å²) in [6, 6.07) is 3.78. The lowest BCUT2D eigenvalue weighted by Crippen LogP contribution is -2.54. The van der Waals surface area contributed by atoms with Gasteiger partial charge in [0.1, 0.15) is 0 Å². The van der Waals surface area contributed by atoms with Gasteiger partial charge < -0.3 is 10.4 Å². The van der Waals surface area contributed by atoms with Gasteiger partial charge in [-0.2, -0.15) is 13.2 Å². The average molecular weight is 322 g/mol. The fraction of sp³-hybridized carbons (Fsp3) is 0.615. The van der Waals surface area contributed by atoms with Crippen molar-refractivity contribution < 1.29 is 23.1 Å². The van der Waals surface area contributed by atoms with E-state index in [2.05, 4.69) is 5.32 Å². The molecule has 1 fully saturated rings. The first kappa shape index (κ1) is 16.3. The number of likely N-dealkylation sites (tertiary alicyclic amines) is 1. The molecule has 0 aliphatic carbocycles. The van der Waals surface area contributed by atoms with E-state index in [-0.39, 0.29) is 25.5 Å². The average Bonchev–Trinajstić information content (AvgIpc) is 2.91. The molecule has 0 radical (unpaired) electrons. The molecule has 0 spiro atoms. The molecule has 0 aromatic carbocycles. The number of nitrogens with zero attached hydrogens (tertiary/aromatic N) is 1. The summed E-state index contributed by atoms with van der Waals surface area (Å²) in [5.74, 6) is -0.221. The third-order valence-electron chi connectivity index (χ3n) is 3.62. The SMILES string of the molecule is O=C(CN1CCC(O)(C(F)(F)F)CC1)NCc1cccs1. The highest BCUT2D eigenvalue weighted by Crippen LogP contribution is 2.38. The highest BCUT2D eigenvalue weighted by Gasteiger charge is 2.54. The van der Waals surface area contributed by atoms with E-state index in [1.165, 1.54) is 11.3 Å². The molecule has 1 aliphatic heterocycles. The van der Waals surface area contributed by atoms with E-state index >= 15 is 0 Å².